The van der Waals surface area contributed by atoms with Gasteiger partial charge in [-0.15, -0.1) is 0 Å². The molecule has 0 saturated carbocycles. The Bertz CT molecular complexity index is 882. The Morgan fingerprint density at radius 3 is 2.92 bits per heavy atom. The van der Waals surface area contributed by atoms with E-state index in [1.165, 1.54) is 12.3 Å². The van der Waals surface area contributed by atoms with Crippen LogP contribution < -0.4 is 10.6 Å². The lowest BCUT2D eigenvalue weighted by Gasteiger charge is -2.03. The molecule has 0 saturated heterocycles. The number of rotatable bonds is 5. The average Bonchev–Trinajstić information content (AvgIpc) is 3.11. The first kappa shape index (κ1) is 15.4. The van der Waals surface area contributed by atoms with Crippen molar-refractivity contribution in [3.63, 3.8) is 0 Å². The van der Waals surface area contributed by atoms with Crippen LogP contribution in [0.15, 0.2) is 55.0 Å². The van der Waals surface area contributed by atoms with Gasteiger partial charge < -0.3 is 10.6 Å². The second-order valence-electron chi connectivity index (χ2n) is 5.00. The number of H-pyrrole nitrogens is 1. The topological polar surface area (TPSA) is 99.8 Å². The summed E-state index contributed by atoms with van der Waals surface area (Å²) in [7, 11) is 0. The molecular formula is C17H15N5O2. The Morgan fingerprint density at radius 2 is 2.08 bits per heavy atom. The van der Waals surface area contributed by atoms with Crippen molar-refractivity contribution in [1.29, 1.82) is 0 Å². The number of fused-ring (bicyclic) bond motifs is 1. The third-order valence-corrected chi connectivity index (χ3v) is 3.30. The van der Waals surface area contributed by atoms with E-state index < -0.39 is 0 Å². The Morgan fingerprint density at radius 1 is 1.21 bits per heavy atom. The first-order valence-electron chi connectivity index (χ1n) is 7.31. The Labute approximate surface area is 137 Å². The summed E-state index contributed by atoms with van der Waals surface area (Å²) in [5.41, 5.74) is 2.30. The zero-order chi connectivity index (χ0) is 16.8. The van der Waals surface area contributed by atoms with Gasteiger partial charge in [-0.2, -0.15) is 5.10 Å². The highest BCUT2D eigenvalue weighted by molar-refractivity contribution is 5.99. The van der Waals surface area contributed by atoms with Crippen LogP contribution in [0, 0.1) is 0 Å². The maximum atomic E-state index is 11.8. The number of carbonyl (C=O) groups excluding carboxylic acids is 2. The van der Waals surface area contributed by atoms with Crippen LogP contribution in [0.4, 0.5) is 5.69 Å². The molecule has 7 nitrogen and oxygen atoms in total. The van der Waals surface area contributed by atoms with Crippen molar-refractivity contribution in [2.75, 3.05) is 11.9 Å². The van der Waals surface area contributed by atoms with Crippen LogP contribution in [-0.4, -0.2) is 33.5 Å². The number of nitrogens with one attached hydrogen (secondary N) is 3. The quantitative estimate of drug-likeness (QED) is 0.623. The van der Waals surface area contributed by atoms with Crippen LogP contribution in [0.1, 0.15) is 5.56 Å². The molecule has 2 aromatic heterocycles. The molecule has 0 aliphatic rings. The fourth-order valence-corrected chi connectivity index (χ4v) is 2.18. The van der Waals surface area contributed by atoms with Gasteiger partial charge >= 0.3 is 0 Å². The van der Waals surface area contributed by atoms with Crippen molar-refractivity contribution in [3.05, 3.63) is 60.6 Å². The second-order valence-corrected chi connectivity index (χ2v) is 5.00. The number of amides is 2. The molecule has 120 valence electrons. The van der Waals surface area contributed by atoms with Crippen molar-refractivity contribution >= 4 is 34.5 Å². The molecule has 3 N–H and O–H groups in total. The van der Waals surface area contributed by atoms with E-state index in [-0.39, 0.29) is 18.4 Å². The largest absolute Gasteiger partial charge is 0.343 e. The standard InChI is InChI=1S/C17H15N5O2/c23-16(19-11-17(24)22-13-9-20-21-10-13)6-5-12-7-8-18-15-4-2-1-3-14(12)15/h1-10H,11H2,(H,19,23)(H,20,21)(H,22,24)/b6-5+. The molecule has 24 heavy (non-hydrogen) atoms. The van der Waals surface area contributed by atoms with Crippen molar-refractivity contribution in [3.8, 4) is 0 Å². The molecule has 3 rings (SSSR count). The maximum absolute atomic E-state index is 11.8. The van der Waals surface area contributed by atoms with E-state index in [1.54, 1.807) is 18.5 Å². The van der Waals surface area contributed by atoms with Crippen molar-refractivity contribution < 1.29 is 9.59 Å². The minimum atomic E-state index is -0.349. The molecule has 2 heterocycles. The van der Waals surface area contributed by atoms with Gasteiger partial charge in [-0.3, -0.25) is 19.7 Å². The molecule has 0 bridgehead atoms. The summed E-state index contributed by atoms with van der Waals surface area (Å²) in [6.45, 7) is -0.120. The summed E-state index contributed by atoms with van der Waals surface area (Å²) in [5.74, 6) is -0.675. The van der Waals surface area contributed by atoms with Crippen LogP contribution in [0.25, 0.3) is 17.0 Å². The molecule has 1 aromatic carbocycles. The molecule has 0 aliphatic heterocycles. The van der Waals surface area contributed by atoms with Gasteiger partial charge in [-0.25, -0.2) is 0 Å². The van der Waals surface area contributed by atoms with E-state index in [4.69, 9.17) is 0 Å². The summed E-state index contributed by atoms with van der Waals surface area (Å²) < 4.78 is 0. The average molecular weight is 321 g/mol. The van der Waals surface area contributed by atoms with E-state index in [0.29, 0.717) is 5.69 Å². The van der Waals surface area contributed by atoms with Crippen LogP contribution >= 0.6 is 0 Å². The highest BCUT2D eigenvalue weighted by atomic mass is 16.2. The minimum absolute atomic E-state index is 0.120. The molecule has 2 amide bonds. The van der Waals surface area contributed by atoms with Crippen molar-refractivity contribution in [1.82, 2.24) is 20.5 Å². The highest BCUT2D eigenvalue weighted by Gasteiger charge is 2.05. The number of pyridine rings is 1. The number of para-hydroxylation sites is 1. The summed E-state index contributed by atoms with van der Waals surface area (Å²) in [6.07, 6.45) is 7.82. The zero-order valence-electron chi connectivity index (χ0n) is 12.7. The van der Waals surface area contributed by atoms with Gasteiger partial charge in [0.05, 0.1) is 23.9 Å². The Kier molecular flexibility index (Phi) is 4.62. The molecule has 0 atom stereocenters. The number of nitrogens with zero attached hydrogens (tertiary/aromatic N) is 2. The second kappa shape index (κ2) is 7.19. The molecular weight excluding hydrogens is 306 g/mol. The number of hydrogen-bond donors (Lipinski definition) is 3. The van der Waals surface area contributed by atoms with Gasteiger partial charge in [0.2, 0.25) is 11.8 Å². The fraction of sp³-hybridized carbons (Fsp3) is 0.0588. The van der Waals surface area contributed by atoms with Gasteiger partial charge in [0.25, 0.3) is 0 Å². The van der Waals surface area contributed by atoms with Crippen LogP contribution in [0.2, 0.25) is 0 Å². The minimum Gasteiger partial charge on any atom is -0.343 e. The molecule has 7 heteroatoms. The van der Waals surface area contributed by atoms with E-state index in [2.05, 4.69) is 25.8 Å². The van der Waals surface area contributed by atoms with Gasteiger partial charge in [0.1, 0.15) is 0 Å². The number of aromatic amines is 1. The normalized spacial score (nSPS) is 10.8. The molecule has 0 spiro atoms. The molecule has 0 aliphatic carbocycles. The number of aromatic nitrogens is 3. The monoisotopic (exact) mass is 321 g/mol. The van der Waals surface area contributed by atoms with E-state index in [0.717, 1.165) is 16.5 Å². The first-order valence-corrected chi connectivity index (χ1v) is 7.31. The zero-order valence-corrected chi connectivity index (χ0v) is 12.7. The predicted octanol–water partition coefficient (Wildman–Crippen LogP) is 1.73. The van der Waals surface area contributed by atoms with E-state index in [1.807, 2.05) is 30.3 Å². The Hall–Kier alpha value is -3.48. The summed E-state index contributed by atoms with van der Waals surface area (Å²) in [6, 6.07) is 9.51. The van der Waals surface area contributed by atoms with Crippen molar-refractivity contribution in [2.24, 2.45) is 0 Å². The van der Waals surface area contributed by atoms with Crippen molar-refractivity contribution in [2.45, 2.75) is 0 Å². The first-order chi connectivity index (χ1) is 11.7. The van der Waals surface area contributed by atoms with Crippen LogP contribution in [-0.2, 0) is 9.59 Å². The number of benzene rings is 1. The number of hydrogen-bond acceptors (Lipinski definition) is 4. The van der Waals surface area contributed by atoms with Gasteiger partial charge in [-0.05, 0) is 23.8 Å². The van der Waals surface area contributed by atoms with Gasteiger partial charge in [-0.1, -0.05) is 18.2 Å². The smallest absolute Gasteiger partial charge is 0.244 e. The molecule has 0 unspecified atom stereocenters. The van der Waals surface area contributed by atoms with Crippen LogP contribution in [0.3, 0.4) is 0 Å². The third kappa shape index (κ3) is 3.83. The maximum Gasteiger partial charge on any atom is 0.244 e. The highest BCUT2D eigenvalue weighted by Crippen LogP contribution is 2.17. The number of anilines is 1. The van der Waals surface area contributed by atoms with Gasteiger partial charge in [0.15, 0.2) is 0 Å². The predicted molar refractivity (Wildman–Crippen MR) is 91.0 cm³/mol. The lowest BCUT2D eigenvalue weighted by atomic mass is 10.1. The van der Waals surface area contributed by atoms with E-state index in [9.17, 15) is 9.59 Å². The van der Waals surface area contributed by atoms with E-state index >= 15 is 0 Å². The number of carbonyl (C=O) groups is 2. The Balaban J connectivity index is 1.58. The fourth-order valence-electron chi connectivity index (χ4n) is 2.18. The summed E-state index contributed by atoms with van der Waals surface area (Å²) >= 11 is 0. The molecule has 0 radical (unpaired) electrons. The van der Waals surface area contributed by atoms with Gasteiger partial charge in [0, 0.05) is 23.9 Å². The molecule has 3 aromatic rings. The van der Waals surface area contributed by atoms with Crippen LogP contribution in [0.5, 0.6) is 0 Å². The third-order valence-electron chi connectivity index (χ3n) is 3.30. The SMILES string of the molecule is O=C(/C=C/c1ccnc2ccccc12)NCC(=O)Nc1cn[nH]c1. The molecule has 0 fully saturated rings. The lowest BCUT2D eigenvalue weighted by Crippen LogP contribution is -2.31. The lowest BCUT2D eigenvalue weighted by molar-refractivity contribution is -0.121. The summed E-state index contributed by atoms with van der Waals surface area (Å²) in [4.78, 5) is 27.8. The summed E-state index contributed by atoms with van der Waals surface area (Å²) in [5, 5.41) is 12.4.